The summed E-state index contributed by atoms with van der Waals surface area (Å²) in [5.41, 5.74) is 4.35. The summed E-state index contributed by atoms with van der Waals surface area (Å²) in [6.07, 6.45) is 3.36. The highest BCUT2D eigenvalue weighted by atomic mass is 32.2. The fourth-order valence-corrected chi connectivity index (χ4v) is 4.34. The minimum absolute atomic E-state index is 0.0561. The van der Waals surface area contributed by atoms with Crippen LogP contribution in [0.15, 0.2) is 76.5 Å². The molecular formula is C25H26N4O2S. The zero-order valence-corrected chi connectivity index (χ0v) is 19.1. The van der Waals surface area contributed by atoms with Crippen LogP contribution in [0.1, 0.15) is 30.5 Å². The van der Waals surface area contributed by atoms with Gasteiger partial charge in [-0.2, -0.15) is 0 Å². The number of benzene rings is 2. The van der Waals surface area contributed by atoms with Crippen molar-refractivity contribution in [2.24, 2.45) is 0 Å². The molecule has 6 nitrogen and oxygen atoms in total. The molecule has 7 heteroatoms. The molecule has 0 saturated heterocycles. The summed E-state index contributed by atoms with van der Waals surface area (Å²) in [6.45, 7) is 4.79. The first-order valence-electron chi connectivity index (χ1n) is 10.7. The summed E-state index contributed by atoms with van der Waals surface area (Å²) >= 11 is 1.37. The number of rotatable bonds is 9. The summed E-state index contributed by atoms with van der Waals surface area (Å²) in [5, 5.41) is 12.5. The van der Waals surface area contributed by atoms with Gasteiger partial charge in [0.2, 0.25) is 11.7 Å². The number of nitrogens with one attached hydrogen (secondary N) is 1. The SMILES string of the molecule is CCc1cccc(CC)c1NC(=O)CSc1nnc(-c2ccco2)n1Cc1ccccc1. The number of nitrogens with zero attached hydrogens (tertiary/aromatic N) is 3. The van der Waals surface area contributed by atoms with Gasteiger partial charge in [-0.1, -0.05) is 74.1 Å². The highest BCUT2D eigenvalue weighted by Crippen LogP contribution is 2.27. The summed E-state index contributed by atoms with van der Waals surface area (Å²) in [5.74, 6) is 1.48. The maximum atomic E-state index is 12.8. The van der Waals surface area contributed by atoms with Gasteiger partial charge >= 0.3 is 0 Å². The first-order chi connectivity index (χ1) is 15.7. The van der Waals surface area contributed by atoms with Crippen LogP contribution in [0.25, 0.3) is 11.6 Å². The number of anilines is 1. The Morgan fingerprint density at radius 1 is 0.969 bits per heavy atom. The first-order valence-corrected chi connectivity index (χ1v) is 11.7. The maximum Gasteiger partial charge on any atom is 0.234 e. The molecule has 164 valence electrons. The van der Waals surface area contributed by atoms with Gasteiger partial charge in [0.15, 0.2) is 10.9 Å². The third-order valence-electron chi connectivity index (χ3n) is 5.24. The van der Waals surface area contributed by atoms with Gasteiger partial charge in [-0.05, 0) is 41.7 Å². The molecule has 0 aliphatic carbocycles. The second kappa shape index (κ2) is 10.3. The third kappa shape index (κ3) is 4.94. The van der Waals surface area contributed by atoms with Crippen molar-refractivity contribution in [3.8, 4) is 11.6 Å². The van der Waals surface area contributed by atoms with E-state index in [1.807, 2.05) is 41.0 Å². The number of aryl methyl sites for hydroxylation is 2. The Morgan fingerprint density at radius 2 is 1.72 bits per heavy atom. The number of thioether (sulfide) groups is 1. The van der Waals surface area contributed by atoms with Crippen molar-refractivity contribution in [3.05, 3.63) is 83.6 Å². The lowest BCUT2D eigenvalue weighted by Crippen LogP contribution is -2.17. The van der Waals surface area contributed by atoms with Crippen LogP contribution < -0.4 is 5.32 Å². The lowest BCUT2D eigenvalue weighted by molar-refractivity contribution is -0.113. The molecule has 4 rings (SSSR count). The predicted octanol–water partition coefficient (Wildman–Crippen LogP) is 5.44. The van der Waals surface area contributed by atoms with Gasteiger partial charge in [0.25, 0.3) is 0 Å². The molecule has 0 unspecified atom stereocenters. The molecule has 32 heavy (non-hydrogen) atoms. The summed E-state index contributed by atoms with van der Waals surface area (Å²) in [7, 11) is 0. The standard InChI is InChI=1S/C25H26N4O2S/c1-3-19-12-8-13-20(4-2)23(19)26-22(30)17-32-25-28-27-24(21-14-9-15-31-21)29(25)16-18-10-6-5-7-11-18/h5-15H,3-4,16-17H2,1-2H3,(H,26,30). The van der Waals surface area contributed by atoms with Crippen molar-refractivity contribution >= 4 is 23.4 Å². The van der Waals surface area contributed by atoms with Gasteiger partial charge in [0, 0.05) is 5.69 Å². The molecule has 0 spiro atoms. The molecule has 0 fully saturated rings. The van der Waals surface area contributed by atoms with Gasteiger partial charge in [-0.3, -0.25) is 9.36 Å². The number of para-hydroxylation sites is 1. The Kier molecular flexibility index (Phi) is 7.07. The lowest BCUT2D eigenvalue weighted by atomic mass is 10.0. The zero-order chi connectivity index (χ0) is 22.3. The molecule has 4 aromatic rings. The molecule has 0 aliphatic heterocycles. The fourth-order valence-electron chi connectivity index (χ4n) is 3.60. The van der Waals surface area contributed by atoms with Gasteiger partial charge in [-0.25, -0.2) is 0 Å². The van der Waals surface area contributed by atoms with E-state index in [4.69, 9.17) is 4.42 Å². The smallest absolute Gasteiger partial charge is 0.234 e. The first kappa shape index (κ1) is 21.9. The molecule has 0 saturated carbocycles. The normalized spacial score (nSPS) is 10.9. The van der Waals surface area contributed by atoms with Crippen LogP contribution in [0.5, 0.6) is 0 Å². The zero-order valence-electron chi connectivity index (χ0n) is 18.2. The molecule has 0 aliphatic rings. The number of carbonyl (C=O) groups excluding carboxylic acids is 1. The Bertz CT molecular complexity index is 1150. The van der Waals surface area contributed by atoms with E-state index >= 15 is 0 Å². The molecule has 2 heterocycles. The molecule has 2 aromatic heterocycles. The number of aromatic nitrogens is 3. The summed E-state index contributed by atoms with van der Waals surface area (Å²) < 4.78 is 7.54. The van der Waals surface area contributed by atoms with Crippen LogP contribution in [0.4, 0.5) is 5.69 Å². The quantitative estimate of drug-likeness (QED) is 0.347. The van der Waals surface area contributed by atoms with E-state index in [1.165, 1.54) is 11.8 Å². The second-order valence-corrected chi connectivity index (χ2v) is 8.29. The van der Waals surface area contributed by atoms with E-state index in [9.17, 15) is 4.79 Å². The van der Waals surface area contributed by atoms with Crippen molar-refractivity contribution in [2.45, 2.75) is 38.4 Å². The number of hydrogen-bond acceptors (Lipinski definition) is 5. The van der Waals surface area contributed by atoms with Crippen LogP contribution >= 0.6 is 11.8 Å². The Balaban J connectivity index is 1.53. The van der Waals surface area contributed by atoms with E-state index in [0.717, 1.165) is 35.2 Å². The van der Waals surface area contributed by atoms with Crippen molar-refractivity contribution in [1.29, 1.82) is 0 Å². The van der Waals surface area contributed by atoms with Crippen LogP contribution in [-0.4, -0.2) is 26.4 Å². The van der Waals surface area contributed by atoms with E-state index in [1.54, 1.807) is 6.26 Å². The summed E-state index contributed by atoms with van der Waals surface area (Å²) in [4.78, 5) is 12.8. The van der Waals surface area contributed by atoms with Crippen molar-refractivity contribution in [2.75, 3.05) is 11.1 Å². The van der Waals surface area contributed by atoms with Gasteiger partial charge in [-0.15, -0.1) is 10.2 Å². The van der Waals surface area contributed by atoms with E-state index < -0.39 is 0 Å². The maximum absolute atomic E-state index is 12.8. The fraction of sp³-hybridized carbons (Fsp3) is 0.240. The van der Waals surface area contributed by atoms with Gasteiger partial charge < -0.3 is 9.73 Å². The Morgan fingerprint density at radius 3 is 2.38 bits per heavy atom. The minimum Gasteiger partial charge on any atom is -0.461 e. The second-order valence-electron chi connectivity index (χ2n) is 7.35. The largest absolute Gasteiger partial charge is 0.461 e. The number of carbonyl (C=O) groups is 1. The monoisotopic (exact) mass is 446 g/mol. The highest BCUT2D eigenvalue weighted by molar-refractivity contribution is 7.99. The molecule has 0 bridgehead atoms. The topological polar surface area (TPSA) is 73.0 Å². The van der Waals surface area contributed by atoms with Crippen molar-refractivity contribution in [1.82, 2.24) is 14.8 Å². The molecule has 2 aromatic carbocycles. The van der Waals surface area contributed by atoms with Gasteiger partial charge in [0.1, 0.15) is 0 Å². The van der Waals surface area contributed by atoms with Crippen LogP contribution in [0, 0.1) is 0 Å². The molecule has 1 N–H and O–H groups in total. The number of amides is 1. The molecule has 0 atom stereocenters. The minimum atomic E-state index is -0.0561. The molecular weight excluding hydrogens is 420 g/mol. The number of furan rings is 1. The Hall–Kier alpha value is -3.32. The molecule has 0 radical (unpaired) electrons. The predicted molar refractivity (Wildman–Crippen MR) is 128 cm³/mol. The van der Waals surface area contributed by atoms with Gasteiger partial charge in [0.05, 0.1) is 18.6 Å². The van der Waals surface area contributed by atoms with E-state index in [-0.39, 0.29) is 11.7 Å². The van der Waals surface area contributed by atoms with Crippen LogP contribution in [0.2, 0.25) is 0 Å². The average Bonchev–Trinajstić information content (AvgIpc) is 3.48. The van der Waals surface area contributed by atoms with E-state index in [2.05, 4.69) is 53.6 Å². The summed E-state index contributed by atoms with van der Waals surface area (Å²) in [6, 6.07) is 20.0. The van der Waals surface area contributed by atoms with E-state index in [0.29, 0.717) is 23.3 Å². The highest BCUT2D eigenvalue weighted by Gasteiger charge is 2.18. The number of hydrogen-bond donors (Lipinski definition) is 1. The lowest BCUT2D eigenvalue weighted by Gasteiger charge is -2.14. The van der Waals surface area contributed by atoms with Crippen LogP contribution in [-0.2, 0) is 24.2 Å². The molecule has 1 amide bonds. The van der Waals surface area contributed by atoms with Crippen molar-refractivity contribution in [3.63, 3.8) is 0 Å². The van der Waals surface area contributed by atoms with Crippen molar-refractivity contribution < 1.29 is 9.21 Å². The average molecular weight is 447 g/mol. The van der Waals surface area contributed by atoms with Crippen LogP contribution in [0.3, 0.4) is 0 Å². The Labute approximate surface area is 192 Å². The third-order valence-corrected chi connectivity index (χ3v) is 6.20.